The number of nitrogens with zero attached hydrogens (tertiary/aromatic N) is 1. The van der Waals surface area contributed by atoms with Crippen molar-refractivity contribution in [2.75, 3.05) is 13.1 Å². The molecular formula is C16H19NO4. The smallest absolute Gasteiger partial charge is 0.372 e. The van der Waals surface area contributed by atoms with Crippen LogP contribution in [0.15, 0.2) is 28.7 Å². The average Bonchev–Trinajstić information content (AvgIpc) is 2.82. The van der Waals surface area contributed by atoms with Crippen LogP contribution < -0.4 is 0 Å². The molecule has 2 aromatic rings. The number of β-amino-alcohol motifs (C(OH)–C–C–N with tert-alkyl or cyclic N) is 1. The normalized spacial score (nSPS) is 23.5. The van der Waals surface area contributed by atoms with Crippen LogP contribution >= 0.6 is 0 Å². The largest absolute Gasteiger partial charge is 0.475 e. The Kier molecular flexibility index (Phi) is 3.69. The first-order valence-corrected chi connectivity index (χ1v) is 7.20. The number of carboxylic acids is 1. The molecule has 0 saturated carbocycles. The Hall–Kier alpha value is -1.85. The molecule has 21 heavy (non-hydrogen) atoms. The van der Waals surface area contributed by atoms with E-state index >= 15 is 0 Å². The number of likely N-dealkylation sites (tertiary alicyclic amines) is 1. The van der Waals surface area contributed by atoms with Crippen molar-refractivity contribution < 1.29 is 19.4 Å². The first-order chi connectivity index (χ1) is 10.1. The van der Waals surface area contributed by atoms with Gasteiger partial charge in [-0.15, -0.1) is 0 Å². The Labute approximate surface area is 122 Å². The van der Waals surface area contributed by atoms with Crippen LogP contribution in [-0.4, -0.2) is 40.3 Å². The summed E-state index contributed by atoms with van der Waals surface area (Å²) in [4.78, 5) is 13.5. The minimum absolute atomic E-state index is 0.00399. The fourth-order valence-electron chi connectivity index (χ4n) is 2.91. The van der Waals surface area contributed by atoms with E-state index in [9.17, 15) is 15.0 Å². The summed E-state index contributed by atoms with van der Waals surface area (Å²) in [6.45, 7) is 3.96. The van der Waals surface area contributed by atoms with Gasteiger partial charge >= 0.3 is 5.97 Å². The minimum atomic E-state index is -1.05. The van der Waals surface area contributed by atoms with Crippen LogP contribution in [0.3, 0.4) is 0 Å². The van der Waals surface area contributed by atoms with Gasteiger partial charge in [-0.1, -0.05) is 25.1 Å². The van der Waals surface area contributed by atoms with Crippen LogP contribution in [0.2, 0.25) is 0 Å². The molecule has 1 saturated heterocycles. The van der Waals surface area contributed by atoms with Gasteiger partial charge in [-0.25, -0.2) is 4.79 Å². The fraction of sp³-hybridized carbons (Fsp3) is 0.438. The van der Waals surface area contributed by atoms with Crippen LogP contribution in [-0.2, 0) is 6.54 Å². The van der Waals surface area contributed by atoms with E-state index in [0.29, 0.717) is 30.2 Å². The van der Waals surface area contributed by atoms with Gasteiger partial charge in [0.2, 0.25) is 5.76 Å². The van der Waals surface area contributed by atoms with Crippen molar-refractivity contribution in [3.8, 4) is 0 Å². The van der Waals surface area contributed by atoms with Gasteiger partial charge in [-0.2, -0.15) is 0 Å². The molecule has 0 spiro atoms. The molecule has 1 fully saturated rings. The second-order valence-corrected chi connectivity index (χ2v) is 5.78. The molecule has 0 amide bonds. The summed E-state index contributed by atoms with van der Waals surface area (Å²) >= 11 is 0. The van der Waals surface area contributed by atoms with Gasteiger partial charge in [0.15, 0.2) is 0 Å². The maximum Gasteiger partial charge on any atom is 0.372 e. The number of fused-ring (bicyclic) bond motifs is 1. The highest BCUT2D eigenvalue weighted by atomic mass is 16.4. The quantitative estimate of drug-likeness (QED) is 0.907. The summed E-state index contributed by atoms with van der Waals surface area (Å²) in [5, 5.41) is 20.2. The van der Waals surface area contributed by atoms with Crippen LogP contribution in [0.1, 0.15) is 29.5 Å². The highest BCUT2D eigenvalue weighted by molar-refractivity contribution is 5.95. The number of aliphatic hydroxyl groups is 1. The summed E-state index contributed by atoms with van der Waals surface area (Å²) in [6.07, 6.45) is 0.560. The molecule has 2 atom stereocenters. The number of carbonyl (C=O) groups is 1. The second kappa shape index (κ2) is 5.50. The number of benzene rings is 1. The SMILES string of the molecule is CC1CCN(Cc2c(C(=O)O)oc3ccccc23)CC1O. The predicted octanol–water partition coefficient (Wildman–Crippen LogP) is 2.33. The number of hydrogen-bond donors (Lipinski definition) is 2. The Morgan fingerprint density at radius 1 is 1.43 bits per heavy atom. The average molecular weight is 289 g/mol. The molecule has 1 aliphatic heterocycles. The van der Waals surface area contributed by atoms with E-state index in [1.54, 1.807) is 6.07 Å². The summed E-state index contributed by atoms with van der Waals surface area (Å²) in [5.41, 5.74) is 1.29. The molecule has 1 aromatic carbocycles. The Balaban J connectivity index is 1.92. The van der Waals surface area contributed by atoms with Gasteiger partial charge in [0.05, 0.1) is 6.10 Å². The minimum Gasteiger partial charge on any atom is -0.475 e. The van der Waals surface area contributed by atoms with E-state index in [0.717, 1.165) is 18.4 Å². The third-order valence-corrected chi connectivity index (χ3v) is 4.28. The standard InChI is InChI=1S/C16H19NO4/c1-10-6-7-17(9-13(10)18)8-12-11-4-2-3-5-14(11)21-15(12)16(19)20/h2-5,10,13,18H,6-9H2,1H3,(H,19,20). The fourth-order valence-corrected chi connectivity index (χ4v) is 2.91. The van der Waals surface area contributed by atoms with Gasteiger partial charge in [0.1, 0.15) is 5.58 Å². The molecule has 0 aliphatic carbocycles. The van der Waals surface area contributed by atoms with E-state index in [1.165, 1.54) is 0 Å². The summed E-state index contributed by atoms with van der Waals surface area (Å²) in [7, 11) is 0. The van der Waals surface area contributed by atoms with Crippen molar-refractivity contribution in [2.45, 2.75) is 26.0 Å². The molecule has 2 N–H and O–H groups in total. The Bertz CT molecular complexity index is 663. The number of aromatic carboxylic acids is 1. The van der Waals surface area contributed by atoms with Crippen LogP contribution in [0.4, 0.5) is 0 Å². The highest BCUT2D eigenvalue weighted by Crippen LogP contribution is 2.28. The zero-order chi connectivity index (χ0) is 15.0. The zero-order valence-corrected chi connectivity index (χ0v) is 12.0. The molecule has 2 heterocycles. The molecule has 1 aliphatic rings. The van der Waals surface area contributed by atoms with Gasteiger partial charge in [0.25, 0.3) is 0 Å². The van der Waals surface area contributed by atoms with Gasteiger partial charge < -0.3 is 14.6 Å². The van der Waals surface area contributed by atoms with Crippen molar-refractivity contribution in [3.63, 3.8) is 0 Å². The number of hydrogen-bond acceptors (Lipinski definition) is 4. The summed E-state index contributed by atoms with van der Waals surface area (Å²) in [6, 6.07) is 7.36. The molecule has 2 unspecified atom stereocenters. The van der Waals surface area contributed by atoms with Crippen LogP contribution in [0.25, 0.3) is 11.0 Å². The first-order valence-electron chi connectivity index (χ1n) is 7.20. The number of aliphatic hydroxyl groups excluding tert-OH is 1. The topological polar surface area (TPSA) is 73.9 Å². The molecule has 3 rings (SSSR count). The first kappa shape index (κ1) is 14.1. The van der Waals surface area contributed by atoms with E-state index in [2.05, 4.69) is 4.90 Å². The number of furan rings is 1. The lowest BCUT2D eigenvalue weighted by atomic mass is 9.95. The van der Waals surface area contributed by atoms with E-state index in [1.807, 2.05) is 25.1 Å². The molecule has 0 radical (unpaired) electrons. The van der Waals surface area contributed by atoms with Crippen molar-refractivity contribution in [1.82, 2.24) is 4.90 Å². The van der Waals surface area contributed by atoms with Crippen molar-refractivity contribution in [2.24, 2.45) is 5.92 Å². The van der Waals surface area contributed by atoms with Crippen molar-refractivity contribution >= 4 is 16.9 Å². The third kappa shape index (κ3) is 2.66. The van der Waals surface area contributed by atoms with Gasteiger partial charge in [-0.05, 0) is 24.9 Å². The molecule has 5 nitrogen and oxygen atoms in total. The lowest BCUT2D eigenvalue weighted by molar-refractivity contribution is 0.0257. The maximum absolute atomic E-state index is 11.4. The molecule has 0 bridgehead atoms. The number of rotatable bonds is 3. The zero-order valence-electron chi connectivity index (χ0n) is 12.0. The molecular weight excluding hydrogens is 270 g/mol. The van der Waals surface area contributed by atoms with E-state index < -0.39 is 5.97 Å². The number of para-hydroxylation sites is 1. The Morgan fingerprint density at radius 2 is 2.19 bits per heavy atom. The lowest BCUT2D eigenvalue weighted by Crippen LogP contribution is -2.42. The van der Waals surface area contributed by atoms with Crippen molar-refractivity contribution in [1.29, 1.82) is 0 Å². The van der Waals surface area contributed by atoms with Gasteiger partial charge in [-0.3, -0.25) is 4.90 Å². The van der Waals surface area contributed by atoms with Gasteiger partial charge in [0, 0.05) is 24.0 Å². The monoisotopic (exact) mass is 289 g/mol. The van der Waals surface area contributed by atoms with E-state index in [4.69, 9.17) is 4.42 Å². The Morgan fingerprint density at radius 3 is 2.90 bits per heavy atom. The summed E-state index contributed by atoms with van der Waals surface area (Å²) in [5.74, 6) is -0.752. The van der Waals surface area contributed by atoms with Crippen molar-refractivity contribution in [3.05, 3.63) is 35.6 Å². The lowest BCUT2D eigenvalue weighted by Gasteiger charge is -2.34. The number of piperidine rings is 1. The van der Waals surface area contributed by atoms with Crippen LogP contribution in [0.5, 0.6) is 0 Å². The maximum atomic E-state index is 11.4. The van der Waals surface area contributed by atoms with Crippen LogP contribution in [0, 0.1) is 5.92 Å². The van der Waals surface area contributed by atoms with E-state index in [-0.39, 0.29) is 11.9 Å². The third-order valence-electron chi connectivity index (χ3n) is 4.28. The molecule has 5 heteroatoms. The molecule has 1 aromatic heterocycles. The highest BCUT2D eigenvalue weighted by Gasteiger charge is 2.27. The number of carboxylic acid groups (broad SMARTS) is 1. The summed E-state index contributed by atoms with van der Waals surface area (Å²) < 4.78 is 5.46. The predicted molar refractivity (Wildman–Crippen MR) is 78.2 cm³/mol. The molecule has 112 valence electrons. The second-order valence-electron chi connectivity index (χ2n) is 5.78.